The van der Waals surface area contributed by atoms with Crippen molar-refractivity contribution in [3.8, 4) is 0 Å². The molecule has 1 heterocycles. The molecule has 1 aliphatic heterocycles. The van der Waals surface area contributed by atoms with Crippen molar-refractivity contribution in [3.05, 3.63) is 41.4 Å². The second-order valence-electron chi connectivity index (χ2n) is 5.73. The third kappa shape index (κ3) is 3.27. The second-order valence-corrected chi connectivity index (χ2v) is 6.17. The van der Waals surface area contributed by atoms with Crippen LogP contribution in [0, 0.1) is 5.41 Å². The van der Waals surface area contributed by atoms with E-state index in [9.17, 15) is 9.59 Å². The van der Waals surface area contributed by atoms with Crippen LogP contribution < -0.4 is 10.6 Å². The van der Waals surface area contributed by atoms with Crippen LogP contribution in [0.2, 0.25) is 5.02 Å². The highest BCUT2D eigenvalue weighted by atomic mass is 35.5. The van der Waals surface area contributed by atoms with Crippen LogP contribution in [0.25, 0.3) is 0 Å². The van der Waals surface area contributed by atoms with Gasteiger partial charge >= 0.3 is 0 Å². The summed E-state index contributed by atoms with van der Waals surface area (Å²) in [6.45, 7) is 7.57. The first kappa shape index (κ1) is 15.6. The molecule has 1 saturated heterocycles. The van der Waals surface area contributed by atoms with Gasteiger partial charge < -0.3 is 10.6 Å². The Bertz CT molecular complexity index is 600. The fraction of sp³-hybridized carbons (Fsp3) is 0.375. The van der Waals surface area contributed by atoms with Gasteiger partial charge in [0.25, 0.3) is 0 Å². The zero-order chi connectivity index (χ0) is 15.6. The molecular weight excluding hydrogens is 288 g/mol. The van der Waals surface area contributed by atoms with Crippen LogP contribution in [0.4, 0.5) is 5.69 Å². The Labute approximate surface area is 129 Å². The van der Waals surface area contributed by atoms with Gasteiger partial charge in [-0.15, -0.1) is 0 Å². The van der Waals surface area contributed by atoms with E-state index >= 15 is 0 Å². The number of rotatable bonds is 3. The molecule has 0 bridgehead atoms. The van der Waals surface area contributed by atoms with E-state index in [1.165, 1.54) is 0 Å². The number of hydrogen-bond acceptors (Lipinski definition) is 2. The average molecular weight is 307 g/mol. The van der Waals surface area contributed by atoms with Crippen molar-refractivity contribution in [2.75, 3.05) is 5.32 Å². The summed E-state index contributed by atoms with van der Waals surface area (Å²) in [7, 11) is 0. The van der Waals surface area contributed by atoms with E-state index in [0.717, 1.165) is 5.57 Å². The summed E-state index contributed by atoms with van der Waals surface area (Å²) in [6, 6.07) is 6.64. The molecule has 1 fully saturated rings. The summed E-state index contributed by atoms with van der Waals surface area (Å²) in [4.78, 5) is 24.3. The molecule has 0 spiro atoms. The van der Waals surface area contributed by atoms with Gasteiger partial charge in [0.15, 0.2) is 0 Å². The van der Waals surface area contributed by atoms with E-state index in [1.807, 2.05) is 13.8 Å². The van der Waals surface area contributed by atoms with Crippen molar-refractivity contribution in [2.45, 2.75) is 32.7 Å². The molecule has 0 saturated carbocycles. The molecule has 2 rings (SSSR count). The lowest BCUT2D eigenvalue weighted by Crippen LogP contribution is -2.56. The molecule has 0 aromatic heterocycles. The number of hydrogen-bond donors (Lipinski definition) is 2. The Morgan fingerprint density at radius 3 is 2.86 bits per heavy atom. The predicted molar refractivity (Wildman–Crippen MR) is 84.2 cm³/mol. The lowest BCUT2D eigenvalue weighted by Gasteiger charge is -2.40. The highest BCUT2D eigenvalue weighted by molar-refractivity contribution is 6.30. The SMILES string of the molecule is C=C(C)[C@H]1NC(=O)CC[C@]1(C)C(=O)Nc1cccc(Cl)c1. The highest BCUT2D eigenvalue weighted by Crippen LogP contribution is 2.36. The number of benzene rings is 1. The average Bonchev–Trinajstić information content (AvgIpc) is 2.41. The molecule has 0 aliphatic carbocycles. The van der Waals surface area contributed by atoms with E-state index < -0.39 is 5.41 Å². The minimum absolute atomic E-state index is 0.0453. The molecule has 2 amide bonds. The lowest BCUT2D eigenvalue weighted by atomic mass is 9.72. The van der Waals surface area contributed by atoms with Crippen LogP contribution in [0.3, 0.4) is 0 Å². The van der Waals surface area contributed by atoms with Crippen molar-refractivity contribution in [1.29, 1.82) is 0 Å². The smallest absolute Gasteiger partial charge is 0.232 e. The van der Waals surface area contributed by atoms with Gasteiger partial charge in [-0.25, -0.2) is 0 Å². The fourth-order valence-electron chi connectivity index (χ4n) is 2.66. The first-order valence-corrected chi connectivity index (χ1v) is 7.22. The summed E-state index contributed by atoms with van der Waals surface area (Å²) in [6.07, 6.45) is 0.825. The van der Waals surface area contributed by atoms with Crippen molar-refractivity contribution in [2.24, 2.45) is 5.41 Å². The van der Waals surface area contributed by atoms with Crippen molar-refractivity contribution in [1.82, 2.24) is 5.32 Å². The molecule has 2 N–H and O–H groups in total. The fourth-order valence-corrected chi connectivity index (χ4v) is 2.85. The number of halogens is 1. The molecule has 4 nitrogen and oxygen atoms in total. The molecule has 112 valence electrons. The zero-order valence-corrected chi connectivity index (χ0v) is 13.0. The lowest BCUT2D eigenvalue weighted by molar-refractivity contribution is -0.133. The molecule has 1 aromatic rings. The first-order valence-electron chi connectivity index (χ1n) is 6.85. The maximum absolute atomic E-state index is 12.7. The topological polar surface area (TPSA) is 58.2 Å². The van der Waals surface area contributed by atoms with Gasteiger partial charge in [-0.2, -0.15) is 0 Å². The molecule has 5 heteroatoms. The van der Waals surface area contributed by atoms with Crippen LogP contribution in [0.15, 0.2) is 36.4 Å². The summed E-state index contributed by atoms with van der Waals surface area (Å²) >= 11 is 5.92. The maximum atomic E-state index is 12.7. The number of nitrogens with one attached hydrogen (secondary N) is 2. The summed E-state index contributed by atoms with van der Waals surface area (Å²) in [5.74, 6) is -0.186. The molecule has 21 heavy (non-hydrogen) atoms. The monoisotopic (exact) mass is 306 g/mol. The minimum Gasteiger partial charge on any atom is -0.349 e. The van der Waals surface area contributed by atoms with Crippen molar-refractivity contribution < 1.29 is 9.59 Å². The van der Waals surface area contributed by atoms with Crippen molar-refractivity contribution >= 4 is 29.1 Å². The van der Waals surface area contributed by atoms with Crippen LogP contribution in [0.5, 0.6) is 0 Å². The number of anilines is 1. The molecular formula is C16H19ClN2O2. The Morgan fingerprint density at radius 2 is 2.24 bits per heavy atom. The van der Waals surface area contributed by atoms with Gasteiger partial charge in [0.05, 0.1) is 11.5 Å². The Kier molecular flexibility index (Phi) is 4.37. The standard InChI is InChI=1S/C16H19ClN2O2/c1-10(2)14-16(3,8-7-13(20)19-14)15(21)18-12-6-4-5-11(17)9-12/h4-6,9,14H,1,7-8H2,2-3H3,(H,18,21)(H,19,20)/t14-,16+/m1/s1. The summed E-state index contributed by atoms with van der Waals surface area (Å²) in [5.41, 5.74) is 0.695. The van der Waals surface area contributed by atoms with Gasteiger partial charge in [0.1, 0.15) is 0 Å². The Morgan fingerprint density at radius 1 is 1.52 bits per heavy atom. The van der Waals surface area contributed by atoms with Gasteiger partial charge in [0.2, 0.25) is 11.8 Å². The zero-order valence-electron chi connectivity index (χ0n) is 12.2. The first-order chi connectivity index (χ1) is 9.83. The van der Waals surface area contributed by atoms with Gasteiger partial charge in [-0.05, 0) is 38.5 Å². The molecule has 1 aliphatic rings. The molecule has 1 aromatic carbocycles. The number of piperidine rings is 1. The molecule has 0 radical (unpaired) electrons. The number of amides is 2. The summed E-state index contributed by atoms with van der Waals surface area (Å²) < 4.78 is 0. The van der Waals surface area contributed by atoms with E-state index in [1.54, 1.807) is 24.3 Å². The van der Waals surface area contributed by atoms with E-state index in [4.69, 9.17) is 11.6 Å². The number of carbonyl (C=O) groups excluding carboxylic acids is 2. The second kappa shape index (κ2) is 5.90. The third-order valence-electron chi connectivity index (χ3n) is 3.91. The molecule has 2 atom stereocenters. The van der Waals surface area contributed by atoms with Crippen LogP contribution in [0.1, 0.15) is 26.7 Å². The Balaban J connectivity index is 2.22. The van der Waals surface area contributed by atoms with Gasteiger partial charge in [-0.3, -0.25) is 9.59 Å². The summed E-state index contributed by atoms with van der Waals surface area (Å²) in [5, 5.41) is 6.30. The van der Waals surface area contributed by atoms with E-state index in [2.05, 4.69) is 17.2 Å². The molecule has 0 unspecified atom stereocenters. The van der Waals surface area contributed by atoms with E-state index in [0.29, 0.717) is 23.6 Å². The quantitative estimate of drug-likeness (QED) is 0.843. The maximum Gasteiger partial charge on any atom is 0.232 e. The minimum atomic E-state index is -0.720. The Hall–Kier alpha value is -1.81. The van der Waals surface area contributed by atoms with Gasteiger partial charge in [-0.1, -0.05) is 29.8 Å². The van der Waals surface area contributed by atoms with Crippen LogP contribution in [-0.4, -0.2) is 17.9 Å². The number of carbonyl (C=O) groups is 2. The normalized spacial score (nSPS) is 25.1. The van der Waals surface area contributed by atoms with Crippen LogP contribution >= 0.6 is 11.6 Å². The van der Waals surface area contributed by atoms with Crippen LogP contribution in [-0.2, 0) is 9.59 Å². The highest BCUT2D eigenvalue weighted by Gasteiger charge is 2.45. The van der Waals surface area contributed by atoms with Gasteiger partial charge in [0, 0.05) is 17.1 Å². The predicted octanol–water partition coefficient (Wildman–Crippen LogP) is 3.14. The third-order valence-corrected chi connectivity index (χ3v) is 4.14. The van der Waals surface area contributed by atoms with E-state index in [-0.39, 0.29) is 17.9 Å². The van der Waals surface area contributed by atoms with Crippen molar-refractivity contribution in [3.63, 3.8) is 0 Å². The largest absolute Gasteiger partial charge is 0.349 e.